The maximum Gasteiger partial charge on any atom is 0.322 e. The highest BCUT2D eigenvalue weighted by Gasteiger charge is 2.15. The number of rotatable bonds is 4. The summed E-state index contributed by atoms with van der Waals surface area (Å²) in [5, 5.41) is 21.3. The molecule has 2 rings (SSSR count). The Labute approximate surface area is 135 Å². The van der Waals surface area contributed by atoms with Crippen molar-refractivity contribution in [2.75, 3.05) is 6.54 Å². The number of nitrogens with zero attached hydrogens (tertiary/aromatic N) is 1. The van der Waals surface area contributed by atoms with E-state index in [2.05, 4.69) is 10.3 Å². The zero-order chi connectivity index (χ0) is 16.3. The van der Waals surface area contributed by atoms with Crippen LogP contribution in [0, 0.1) is 0 Å². The van der Waals surface area contributed by atoms with Gasteiger partial charge in [0.1, 0.15) is 12.3 Å². The molecule has 2 aromatic rings. The van der Waals surface area contributed by atoms with E-state index in [4.69, 9.17) is 28.3 Å². The average Bonchev–Trinajstić information content (AvgIpc) is 2.43. The van der Waals surface area contributed by atoms with Crippen molar-refractivity contribution >= 4 is 35.1 Å². The molecule has 1 heterocycles. The predicted octanol–water partition coefficient (Wildman–Crippen LogP) is 2.58. The van der Waals surface area contributed by atoms with Gasteiger partial charge in [0, 0.05) is 21.8 Å². The number of aromatic nitrogens is 1. The zero-order valence-electron chi connectivity index (χ0n) is 11.0. The van der Waals surface area contributed by atoms with Gasteiger partial charge in [0.15, 0.2) is 5.69 Å². The van der Waals surface area contributed by atoms with Crippen LogP contribution < -0.4 is 5.32 Å². The Hall–Kier alpha value is -2.31. The second-order valence-corrected chi connectivity index (χ2v) is 5.20. The number of carboxylic acid groups (broad SMARTS) is 1. The minimum atomic E-state index is -1.20. The number of carbonyl (C=O) groups is 2. The minimum absolute atomic E-state index is 0.266. The van der Waals surface area contributed by atoms with Gasteiger partial charge in [0.2, 0.25) is 0 Å². The first-order valence-corrected chi connectivity index (χ1v) is 6.78. The number of pyridine rings is 1. The molecule has 1 aromatic heterocycles. The van der Waals surface area contributed by atoms with Crippen LogP contribution in [0.4, 0.5) is 0 Å². The molecule has 1 amide bonds. The molecule has 0 saturated carbocycles. The molecular formula is C14H10Cl2N2O4. The van der Waals surface area contributed by atoms with E-state index < -0.39 is 18.4 Å². The predicted molar refractivity (Wildman–Crippen MR) is 81.3 cm³/mol. The molecule has 22 heavy (non-hydrogen) atoms. The molecule has 8 heteroatoms. The van der Waals surface area contributed by atoms with E-state index in [1.54, 1.807) is 18.2 Å². The van der Waals surface area contributed by atoms with Gasteiger partial charge in [-0.2, -0.15) is 0 Å². The first kappa shape index (κ1) is 16.1. The quantitative estimate of drug-likeness (QED) is 0.794. The van der Waals surface area contributed by atoms with Gasteiger partial charge in [-0.3, -0.25) is 9.59 Å². The largest absolute Gasteiger partial charge is 0.505 e. The molecule has 3 N–H and O–H groups in total. The van der Waals surface area contributed by atoms with Crippen LogP contribution in [-0.4, -0.2) is 33.6 Å². The molecule has 1 aromatic carbocycles. The molecule has 0 aliphatic heterocycles. The van der Waals surface area contributed by atoms with Gasteiger partial charge < -0.3 is 15.5 Å². The van der Waals surface area contributed by atoms with Crippen molar-refractivity contribution in [3.05, 3.63) is 46.2 Å². The van der Waals surface area contributed by atoms with Crippen molar-refractivity contribution < 1.29 is 19.8 Å². The van der Waals surface area contributed by atoms with E-state index in [9.17, 15) is 14.7 Å². The Kier molecular flexibility index (Phi) is 4.85. The fourth-order valence-electron chi connectivity index (χ4n) is 1.75. The van der Waals surface area contributed by atoms with Crippen LogP contribution in [0.3, 0.4) is 0 Å². The standard InChI is InChI=1S/C14H10Cl2N2O4/c15-9-1-7(2-10(16)4-9)8-3-11(19)13(17-5-8)14(22)18-6-12(20)21/h1-5,19H,6H2,(H,18,22)(H,20,21). The first-order valence-electron chi connectivity index (χ1n) is 6.02. The van der Waals surface area contributed by atoms with Crippen molar-refractivity contribution in [1.82, 2.24) is 10.3 Å². The molecule has 0 spiro atoms. The second-order valence-electron chi connectivity index (χ2n) is 4.33. The highest BCUT2D eigenvalue weighted by Crippen LogP contribution is 2.29. The van der Waals surface area contributed by atoms with E-state index in [-0.39, 0.29) is 11.4 Å². The summed E-state index contributed by atoms with van der Waals surface area (Å²) >= 11 is 11.8. The fourth-order valence-corrected chi connectivity index (χ4v) is 2.27. The molecule has 6 nitrogen and oxygen atoms in total. The number of carbonyl (C=O) groups excluding carboxylic acids is 1. The number of hydrogen-bond donors (Lipinski definition) is 3. The summed E-state index contributed by atoms with van der Waals surface area (Å²) in [6.45, 7) is -0.564. The smallest absolute Gasteiger partial charge is 0.322 e. The van der Waals surface area contributed by atoms with E-state index in [0.717, 1.165) is 0 Å². The van der Waals surface area contributed by atoms with Gasteiger partial charge in [0.05, 0.1) is 0 Å². The molecule has 0 saturated heterocycles. The van der Waals surface area contributed by atoms with Crippen molar-refractivity contribution in [3.63, 3.8) is 0 Å². The third-order valence-electron chi connectivity index (χ3n) is 2.68. The van der Waals surface area contributed by atoms with Crippen LogP contribution in [0.2, 0.25) is 10.0 Å². The van der Waals surface area contributed by atoms with Gasteiger partial charge in [-0.15, -0.1) is 0 Å². The number of nitrogens with one attached hydrogen (secondary N) is 1. The monoisotopic (exact) mass is 340 g/mol. The first-order chi connectivity index (χ1) is 10.4. The average molecular weight is 341 g/mol. The number of carboxylic acids is 1. The van der Waals surface area contributed by atoms with Gasteiger partial charge in [-0.05, 0) is 29.8 Å². The number of amides is 1. The number of benzene rings is 1. The molecule has 0 aliphatic rings. The van der Waals surface area contributed by atoms with Crippen LogP contribution in [0.15, 0.2) is 30.5 Å². The Morgan fingerprint density at radius 2 is 1.73 bits per heavy atom. The lowest BCUT2D eigenvalue weighted by molar-refractivity contribution is -0.135. The van der Waals surface area contributed by atoms with Gasteiger partial charge in [0.25, 0.3) is 5.91 Å². The van der Waals surface area contributed by atoms with Crippen molar-refractivity contribution in [1.29, 1.82) is 0 Å². The Balaban J connectivity index is 2.29. The summed E-state index contributed by atoms with van der Waals surface area (Å²) in [6, 6.07) is 6.15. The maximum atomic E-state index is 11.7. The van der Waals surface area contributed by atoms with Gasteiger partial charge in [-0.25, -0.2) is 4.98 Å². The van der Waals surface area contributed by atoms with Crippen LogP contribution in [0.1, 0.15) is 10.5 Å². The number of aliphatic carboxylic acids is 1. The number of halogens is 2. The molecule has 0 fully saturated rings. The Morgan fingerprint density at radius 1 is 1.09 bits per heavy atom. The van der Waals surface area contributed by atoms with E-state index in [1.165, 1.54) is 12.3 Å². The van der Waals surface area contributed by atoms with E-state index >= 15 is 0 Å². The highest BCUT2D eigenvalue weighted by atomic mass is 35.5. The second kappa shape index (κ2) is 6.64. The minimum Gasteiger partial charge on any atom is -0.505 e. The molecule has 0 unspecified atom stereocenters. The SMILES string of the molecule is O=C(O)CNC(=O)c1ncc(-c2cc(Cl)cc(Cl)c2)cc1O. The third kappa shape index (κ3) is 3.87. The maximum absolute atomic E-state index is 11.7. The topological polar surface area (TPSA) is 99.5 Å². The highest BCUT2D eigenvalue weighted by molar-refractivity contribution is 6.35. The van der Waals surface area contributed by atoms with E-state index in [1.807, 2.05) is 0 Å². The van der Waals surface area contributed by atoms with Crippen LogP contribution in [0.25, 0.3) is 11.1 Å². The summed E-state index contributed by atoms with van der Waals surface area (Å²) in [4.78, 5) is 25.9. The molecule has 0 bridgehead atoms. The summed E-state index contributed by atoms with van der Waals surface area (Å²) in [7, 11) is 0. The molecule has 114 valence electrons. The van der Waals surface area contributed by atoms with Gasteiger partial charge in [-0.1, -0.05) is 23.2 Å². The van der Waals surface area contributed by atoms with Crippen LogP contribution in [0.5, 0.6) is 5.75 Å². The van der Waals surface area contributed by atoms with Crippen molar-refractivity contribution in [2.45, 2.75) is 0 Å². The fraction of sp³-hybridized carbons (Fsp3) is 0.0714. The lowest BCUT2D eigenvalue weighted by Crippen LogP contribution is -2.29. The van der Waals surface area contributed by atoms with Crippen molar-refractivity contribution in [2.24, 2.45) is 0 Å². The van der Waals surface area contributed by atoms with Crippen LogP contribution >= 0.6 is 23.2 Å². The van der Waals surface area contributed by atoms with Crippen LogP contribution in [-0.2, 0) is 4.79 Å². The summed E-state index contributed by atoms with van der Waals surface area (Å²) in [5.74, 6) is -2.36. The number of aromatic hydroxyl groups is 1. The summed E-state index contributed by atoms with van der Waals surface area (Å²) < 4.78 is 0. The Morgan fingerprint density at radius 3 is 2.27 bits per heavy atom. The van der Waals surface area contributed by atoms with Crippen molar-refractivity contribution in [3.8, 4) is 16.9 Å². The molecule has 0 atom stereocenters. The summed E-state index contributed by atoms with van der Waals surface area (Å²) in [6.07, 6.45) is 1.36. The lowest BCUT2D eigenvalue weighted by atomic mass is 10.1. The zero-order valence-corrected chi connectivity index (χ0v) is 12.5. The van der Waals surface area contributed by atoms with E-state index in [0.29, 0.717) is 21.2 Å². The normalized spacial score (nSPS) is 10.3. The van der Waals surface area contributed by atoms with Gasteiger partial charge >= 0.3 is 5.97 Å². The molecular weight excluding hydrogens is 331 g/mol. The molecule has 0 aliphatic carbocycles. The summed E-state index contributed by atoms with van der Waals surface area (Å²) in [5.41, 5.74) is 0.868. The lowest BCUT2D eigenvalue weighted by Gasteiger charge is -2.07. The molecule has 0 radical (unpaired) electrons. The third-order valence-corrected chi connectivity index (χ3v) is 3.12. The Bertz CT molecular complexity index is 729. The number of hydrogen-bond acceptors (Lipinski definition) is 4.